The van der Waals surface area contributed by atoms with Gasteiger partial charge >= 0.3 is 0 Å². The fourth-order valence-corrected chi connectivity index (χ4v) is 2.85. The first-order valence-electron chi connectivity index (χ1n) is 9.18. The van der Waals surface area contributed by atoms with Crippen LogP contribution in [-0.4, -0.2) is 34.4 Å². The molecule has 0 radical (unpaired) electrons. The van der Waals surface area contributed by atoms with E-state index in [4.69, 9.17) is 0 Å². The maximum Gasteiger partial charge on any atom is 0.270 e. The van der Waals surface area contributed by atoms with Crippen LogP contribution >= 0.6 is 0 Å². The lowest BCUT2D eigenvalue weighted by Crippen LogP contribution is -2.33. The highest BCUT2D eigenvalue weighted by Gasteiger charge is 2.13. The van der Waals surface area contributed by atoms with E-state index in [1.807, 2.05) is 38.2 Å². The van der Waals surface area contributed by atoms with E-state index in [0.29, 0.717) is 12.1 Å². The molecule has 140 valence electrons. The van der Waals surface area contributed by atoms with Gasteiger partial charge in [-0.25, -0.2) is 0 Å². The SMILES string of the molecule is CCC(C)NC(=O)c1cc(C(=O)NCCc2c[nH]c3ccccc23)ccn1. The zero-order valence-electron chi connectivity index (χ0n) is 15.6. The second-order valence-electron chi connectivity index (χ2n) is 6.58. The van der Waals surface area contributed by atoms with Gasteiger partial charge in [-0.05, 0) is 43.5 Å². The van der Waals surface area contributed by atoms with Gasteiger partial charge in [0.05, 0.1) is 0 Å². The van der Waals surface area contributed by atoms with Gasteiger partial charge in [0.1, 0.15) is 5.69 Å². The minimum absolute atomic E-state index is 0.0629. The van der Waals surface area contributed by atoms with Crippen LogP contribution in [0.2, 0.25) is 0 Å². The molecule has 2 aromatic heterocycles. The molecule has 0 saturated heterocycles. The number of aromatic nitrogens is 2. The summed E-state index contributed by atoms with van der Waals surface area (Å²) in [7, 11) is 0. The van der Waals surface area contributed by atoms with Crippen molar-refractivity contribution >= 4 is 22.7 Å². The second-order valence-corrected chi connectivity index (χ2v) is 6.58. The lowest BCUT2D eigenvalue weighted by Gasteiger charge is -2.11. The molecular formula is C21H24N4O2. The standard InChI is InChI=1S/C21H24N4O2/c1-3-14(2)25-21(27)19-12-15(8-10-22-19)20(26)23-11-9-16-13-24-18-7-5-4-6-17(16)18/h4-8,10,12-14,24H,3,9,11H2,1-2H3,(H,23,26)(H,25,27). The molecule has 3 aromatic rings. The molecule has 6 heteroatoms. The highest BCUT2D eigenvalue weighted by Crippen LogP contribution is 2.17. The summed E-state index contributed by atoms with van der Waals surface area (Å²) in [6.45, 7) is 4.44. The van der Waals surface area contributed by atoms with Crippen molar-refractivity contribution < 1.29 is 9.59 Å². The molecule has 0 saturated carbocycles. The monoisotopic (exact) mass is 364 g/mol. The molecule has 2 heterocycles. The van der Waals surface area contributed by atoms with Crippen LogP contribution in [0.25, 0.3) is 10.9 Å². The molecule has 0 aliphatic rings. The third kappa shape index (κ3) is 4.53. The fraction of sp³-hybridized carbons (Fsp3) is 0.286. The van der Waals surface area contributed by atoms with E-state index in [2.05, 4.69) is 26.7 Å². The maximum atomic E-state index is 12.4. The zero-order valence-corrected chi connectivity index (χ0v) is 15.6. The minimum Gasteiger partial charge on any atom is -0.361 e. The third-order valence-electron chi connectivity index (χ3n) is 4.60. The average Bonchev–Trinajstić information content (AvgIpc) is 3.11. The summed E-state index contributed by atoms with van der Waals surface area (Å²) in [6.07, 6.45) is 5.02. The number of rotatable bonds is 7. The van der Waals surface area contributed by atoms with Crippen molar-refractivity contribution in [3.63, 3.8) is 0 Å². The Labute approximate surface area is 158 Å². The number of amides is 2. The van der Waals surface area contributed by atoms with Gasteiger partial charge in [0.2, 0.25) is 0 Å². The Hall–Kier alpha value is -3.15. The number of carbonyl (C=O) groups is 2. The lowest BCUT2D eigenvalue weighted by molar-refractivity contribution is 0.0934. The molecule has 0 fully saturated rings. The number of carbonyl (C=O) groups excluding carboxylic acids is 2. The molecule has 2 amide bonds. The number of nitrogens with one attached hydrogen (secondary N) is 3. The molecule has 1 aromatic carbocycles. The van der Waals surface area contributed by atoms with Crippen LogP contribution in [0.4, 0.5) is 0 Å². The Balaban J connectivity index is 1.59. The predicted octanol–water partition coefficient (Wildman–Crippen LogP) is 3.06. The van der Waals surface area contributed by atoms with Crippen LogP contribution in [0.5, 0.6) is 0 Å². The number of para-hydroxylation sites is 1. The van der Waals surface area contributed by atoms with Crippen LogP contribution in [0.1, 0.15) is 46.7 Å². The molecule has 0 bridgehead atoms. The number of fused-ring (bicyclic) bond motifs is 1. The Bertz CT molecular complexity index is 948. The van der Waals surface area contributed by atoms with Gasteiger partial charge in [-0.2, -0.15) is 0 Å². The van der Waals surface area contributed by atoms with Gasteiger partial charge in [0.25, 0.3) is 11.8 Å². The van der Waals surface area contributed by atoms with Crippen molar-refractivity contribution in [1.29, 1.82) is 0 Å². The number of aromatic amines is 1. The van der Waals surface area contributed by atoms with Crippen molar-refractivity contribution in [2.24, 2.45) is 0 Å². The number of benzene rings is 1. The smallest absolute Gasteiger partial charge is 0.270 e. The summed E-state index contributed by atoms with van der Waals surface area (Å²) >= 11 is 0. The molecule has 0 spiro atoms. The van der Waals surface area contributed by atoms with Crippen molar-refractivity contribution in [3.8, 4) is 0 Å². The summed E-state index contributed by atoms with van der Waals surface area (Å²) in [5.41, 5.74) is 2.93. The van der Waals surface area contributed by atoms with Crippen LogP contribution in [0.3, 0.4) is 0 Å². The molecule has 0 aliphatic carbocycles. The second kappa shape index (κ2) is 8.49. The fourth-order valence-electron chi connectivity index (χ4n) is 2.85. The maximum absolute atomic E-state index is 12.4. The van der Waals surface area contributed by atoms with Crippen LogP contribution in [0, 0.1) is 0 Å². The predicted molar refractivity (Wildman–Crippen MR) is 106 cm³/mol. The first-order valence-corrected chi connectivity index (χ1v) is 9.18. The average molecular weight is 364 g/mol. The Morgan fingerprint density at radius 3 is 2.81 bits per heavy atom. The topological polar surface area (TPSA) is 86.9 Å². The minimum atomic E-state index is -0.266. The molecule has 0 aliphatic heterocycles. The largest absolute Gasteiger partial charge is 0.361 e. The molecular weight excluding hydrogens is 340 g/mol. The quantitative estimate of drug-likeness (QED) is 0.602. The van der Waals surface area contributed by atoms with Crippen molar-refractivity contribution in [1.82, 2.24) is 20.6 Å². The van der Waals surface area contributed by atoms with Crippen molar-refractivity contribution in [2.45, 2.75) is 32.7 Å². The van der Waals surface area contributed by atoms with E-state index in [-0.39, 0.29) is 23.6 Å². The molecule has 3 N–H and O–H groups in total. The van der Waals surface area contributed by atoms with Gasteiger partial charge in [0.15, 0.2) is 0 Å². The number of H-pyrrole nitrogens is 1. The van der Waals surface area contributed by atoms with Crippen LogP contribution in [-0.2, 0) is 6.42 Å². The normalized spacial score (nSPS) is 11.9. The van der Waals surface area contributed by atoms with Crippen molar-refractivity contribution in [3.05, 3.63) is 65.6 Å². The summed E-state index contributed by atoms with van der Waals surface area (Å²) in [6, 6.07) is 11.3. The summed E-state index contributed by atoms with van der Waals surface area (Å²) in [5.74, 6) is -0.479. The van der Waals surface area contributed by atoms with Gasteiger partial charge in [0, 0.05) is 41.4 Å². The molecule has 1 atom stereocenters. The van der Waals surface area contributed by atoms with Crippen molar-refractivity contribution in [2.75, 3.05) is 6.54 Å². The molecule has 6 nitrogen and oxygen atoms in total. The summed E-state index contributed by atoms with van der Waals surface area (Å²) in [5, 5.41) is 6.93. The third-order valence-corrected chi connectivity index (χ3v) is 4.60. The first-order chi connectivity index (χ1) is 13.1. The zero-order chi connectivity index (χ0) is 19.2. The first kappa shape index (κ1) is 18.6. The highest BCUT2D eigenvalue weighted by molar-refractivity contribution is 5.98. The van der Waals surface area contributed by atoms with Gasteiger partial charge in [-0.1, -0.05) is 25.1 Å². The van der Waals surface area contributed by atoms with Crippen LogP contribution in [0.15, 0.2) is 48.8 Å². The van der Waals surface area contributed by atoms with E-state index in [0.717, 1.165) is 23.9 Å². The van der Waals surface area contributed by atoms with Gasteiger partial charge in [-0.3, -0.25) is 14.6 Å². The number of pyridine rings is 1. The van der Waals surface area contributed by atoms with Gasteiger partial charge < -0.3 is 15.6 Å². The molecule has 3 rings (SSSR count). The van der Waals surface area contributed by atoms with E-state index in [1.165, 1.54) is 17.6 Å². The van der Waals surface area contributed by atoms with E-state index in [1.54, 1.807) is 6.07 Å². The van der Waals surface area contributed by atoms with E-state index < -0.39 is 0 Å². The van der Waals surface area contributed by atoms with Crippen LogP contribution < -0.4 is 10.6 Å². The lowest BCUT2D eigenvalue weighted by atomic mass is 10.1. The number of nitrogens with zero attached hydrogens (tertiary/aromatic N) is 1. The summed E-state index contributed by atoms with van der Waals surface area (Å²) in [4.78, 5) is 31.9. The highest BCUT2D eigenvalue weighted by atomic mass is 16.2. The van der Waals surface area contributed by atoms with E-state index in [9.17, 15) is 9.59 Å². The summed E-state index contributed by atoms with van der Waals surface area (Å²) < 4.78 is 0. The number of hydrogen-bond donors (Lipinski definition) is 3. The molecule has 1 unspecified atom stereocenters. The van der Waals surface area contributed by atoms with Gasteiger partial charge in [-0.15, -0.1) is 0 Å². The Morgan fingerprint density at radius 1 is 1.19 bits per heavy atom. The Kier molecular flexibility index (Phi) is 5.86. The number of hydrogen-bond acceptors (Lipinski definition) is 3. The van der Waals surface area contributed by atoms with E-state index >= 15 is 0 Å². The Morgan fingerprint density at radius 2 is 2.00 bits per heavy atom. The molecule has 27 heavy (non-hydrogen) atoms.